The minimum atomic E-state index is 0.716. The van der Waals surface area contributed by atoms with E-state index >= 15 is 0 Å². The van der Waals surface area contributed by atoms with E-state index in [2.05, 4.69) is 20.9 Å². The Bertz CT molecular complexity index is 466. The van der Waals surface area contributed by atoms with Crippen LogP contribution in [0.1, 0.15) is 5.69 Å². The first-order valence-electron chi connectivity index (χ1n) is 3.99. The number of fused-ring (bicyclic) bond motifs is 1. The summed E-state index contributed by atoms with van der Waals surface area (Å²) >= 11 is 3.39. The highest BCUT2D eigenvalue weighted by Crippen LogP contribution is 2.24. The van der Waals surface area contributed by atoms with Gasteiger partial charge in [0, 0.05) is 15.6 Å². The van der Waals surface area contributed by atoms with Crippen molar-refractivity contribution in [1.29, 1.82) is 0 Å². The standard InChI is InChI=1S/C10H9BrN2/c1-6-2-3-7-4-8(11)5-9(12)10(7)13-6/h2-5H,12H2,1H3. The van der Waals surface area contributed by atoms with Crippen molar-refractivity contribution in [1.82, 2.24) is 4.98 Å². The lowest BCUT2D eigenvalue weighted by molar-refractivity contribution is 1.26. The number of hydrogen-bond donors (Lipinski definition) is 1. The van der Waals surface area contributed by atoms with Crippen molar-refractivity contribution in [2.45, 2.75) is 6.92 Å². The molecule has 1 aromatic carbocycles. The highest BCUT2D eigenvalue weighted by molar-refractivity contribution is 9.10. The average molecular weight is 237 g/mol. The monoisotopic (exact) mass is 236 g/mol. The fourth-order valence-corrected chi connectivity index (χ4v) is 1.82. The topological polar surface area (TPSA) is 38.9 Å². The molecule has 1 heterocycles. The second-order valence-electron chi connectivity index (χ2n) is 3.02. The van der Waals surface area contributed by atoms with Crippen molar-refractivity contribution in [3.63, 3.8) is 0 Å². The van der Waals surface area contributed by atoms with E-state index in [1.54, 1.807) is 0 Å². The van der Waals surface area contributed by atoms with E-state index in [0.717, 1.165) is 21.1 Å². The summed E-state index contributed by atoms with van der Waals surface area (Å²) in [6.07, 6.45) is 0. The number of rotatable bonds is 0. The molecule has 13 heavy (non-hydrogen) atoms. The molecule has 0 saturated carbocycles. The minimum absolute atomic E-state index is 0.716. The Balaban J connectivity index is 2.87. The molecular formula is C10H9BrN2. The molecule has 2 rings (SSSR count). The SMILES string of the molecule is Cc1ccc2cc(Br)cc(N)c2n1. The zero-order valence-electron chi connectivity index (χ0n) is 7.21. The summed E-state index contributed by atoms with van der Waals surface area (Å²) in [5.74, 6) is 0. The molecule has 0 bridgehead atoms. The highest BCUT2D eigenvalue weighted by Gasteiger charge is 2.01. The second kappa shape index (κ2) is 3.00. The van der Waals surface area contributed by atoms with E-state index in [9.17, 15) is 0 Å². The zero-order chi connectivity index (χ0) is 9.42. The molecule has 0 aliphatic carbocycles. The molecule has 0 saturated heterocycles. The lowest BCUT2D eigenvalue weighted by Gasteiger charge is -2.02. The molecule has 3 heteroatoms. The van der Waals surface area contributed by atoms with Crippen molar-refractivity contribution in [3.05, 3.63) is 34.4 Å². The van der Waals surface area contributed by atoms with Crippen LogP contribution in [0.5, 0.6) is 0 Å². The van der Waals surface area contributed by atoms with Gasteiger partial charge in [0.2, 0.25) is 0 Å². The van der Waals surface area contributed by atoms with Crippen molar-refractivity contribution < 1.29 is 0 Å². The van der Waals surface area contributed by atoms with Crippen molar-refractivity contribution in [2.24, 2.45) is 0 Å². The Kier molecular flexibility index (Phi) is 1.96. The second-order valence-corrected chi connectivity index (χ2v) is 3.94. The molecule has 1 aromatic heterocycles. The van der Waals surface area contributed by atoms with Crippen LogP contribution in [0, 0.1) is 6.92 Å². The van der Waals surface area contributed by atoms with E-state index in [4.69, 9.17) is 5.73 Å². The van der Waals surface area contributed by atoms with Crippen LogP contribution in [0.25, 0.3) is 10.9 Å². The molecule has 2 nitrogen and oxygen atoms in total. The summed E-state index contributed by atoms with van der Waals surface area (Å²) in [4.78, 5) is 4.37. The molecule has 0 atom stereocenters. The highest BCUT2D eigenvalue weighted by atomic mass is 79.9. The summed E-state index contributed by atoms with van der Waals surface area (Å²) in [6.45, 7) is 1.96. The van der Waals surface area contributed by atoms with Gasteiger partial charge in [-0.15, -0.1) is 0 Å². The van der Waals surface area contributed by atoms with Gasteiger partial charge in [0.1, 0.15) is 0 Å². The summed E-state index contributed by atoms with van der Waals surface area (Å²) in [6, 6.07) is 7.89. The lowest BCUT2D eigenvalue weighted by Crippen LogP contribution is -1.91. The van der Waals surface area contributed by atoms with Crippen LogP contribution in [0.3, 0.4) is 0 Å². The Morgan fingerprint density at radius 1 is 1.31 bits per heavy atom. The Morgan fingerprint density at radius 2 is 2.08 bits per heavy atom. The first kappa shape index (κ1) is 8.51. The van der Waals surface area contributed by atoms with Crippen LogP contribution in [-0.4, -0.2) is 4.98 Å². The zero-order valence-corrected chi connectivity index (χ0v) is 8.80. The maximum Gasteiger partial charge on any atom is 0.0935 e. The minimum Gasteiger partial charge on any atom is -0.397 e. The van der Waals surface area contributed by atoms with Crippen LogP contribution in [-0.2, 0) is 0 Å². The van der Waals surface area contributed by atoms with E-state index < -0.39 is 0 Å². The molecule has 0 spiro atoms. The smallest absolute Gasteiger partial charge is 0.0935 e. The summed E-state index contributed by atoms with van der Waals surface area (Å²) < 4.78 is 0.989. The van der Waals surface area contributed by atoms with Gasteiger partial charge in [0.15, 0.2) is 0 Å². The maximum atomic E-state index is 5.83. The van der Waals surface area contributed by atoms with Crippen LogP contribution in [0.4, 0.5) is 5.69 Å². The Morgan fingerprint density at radius 3 is 2.85 bits per heavy atom. The molecule has 0 fully saturated rings. The average Bonchev–Trinajstić information content (AvgIpc) is 2.06. The third kappa shape index (κ3) is 1.52. The summed E-state index contributed by atoms with van der Waals surface area (Å²) in [5, 5.41) is 1.07. The summed E-state index contributed by atoms with van der Waals surface area (Å²) in [7, 11) is 0. The number of hydrogen-bond acceptors (Lipinski definition) is 2. The van der Waals surface area contributed by atoms with Gasteiger partial charge < -0.3 is 5.73 Å². The quantitative estimate of drug-likeness (QED) is 0.715. The van der Waals surface area contributed by atoms with Crippen LogP contribution < -0.4 is 5.73 Å². The van der Waals surface area contributed by atoms with Gasteiger partial charge in [0.05, 0.1) is 11.2 Å². The Labute approximate surface area is 84.9 Å². The number of benzene rings is 1. The Hall–Kier alpha value is -1.09. The van der Waals surface area contributed by atoms with Gasteiger partial charge in [-0.1, -0.05) is 22.0 Å². The number of aryl methyl sites for hydroxylation is 1. The van der Waals surface area contributed by atoms with Gasteiger partial charge in [-0.25, -0.2) is 0 Å². The number of aromatic nitrogens is 1. The first-order valence-corrected chi connectivity index (χ1v) is 4.78. The molecular weight excluding hydrogens is 228 g/mol. The fourth-order valence-electron chi connectivity index (χ4n) is 1.32. The number of nitrogens with zero attached hydrogens (tertiary/aromatic N) is 1. The third-order valence-electron chi connectivity index (χ3n) is 1.93. The fraction of sp³-hybridized carbons (Fsp3) is 0.100. The maximum absolute atomic E-state index is 5.83. The van der Waals surface area contributed by atoms with E-state index in [1.165, 1.54) is 0 Å². The first-order chi connectivity index (χ1) is 6.16. The van der Waals surface area contributed by atoms with E-state index in [1.807, 2.05) is 31.2 Å². The van der Waals surface area contributed by atoms with Crippen LogP contribution in [0.15, 0.2) is 28.7 Å². The van der Waals surface area contributed by atoms with Gasteiger partial charge in [-0.3, -0.25) is 4.98 Å². The molecule has 0 amide bonds. The number of halogens is 1. The molecule has 0 radical (unpaired) electrons. The predicted molar refractivity (Wildman–Crippen MR) is 58.6 cm³/mol. The predicted octanol–water partition coefficient (Wildman–Crippen LogP) is 2.89. The third-order valence-corrected chi connectivity index (χ3v) is 2.38. The van der Waals surface area contributed by atoms with E-state index in [-0.39, 0.29) is 0 Å². The molecule has 2 aromatic rings. The van der Waals surface area contributed by atoms with Crippen molar-refractivity contribution >= 4 is 32.5 Å². The van der Waals surface area contributed by atoms with Gasteiger partial charge in [-0.2, -0.15) is 0 Å². The van der Waals surface area contributed by atoms with Gasteiger partial charge in [0.25, 0.3) is 0 Å². The molecule has 66 valence electrons. The number of nitrogen functional groups attached to an aromatic ring is 1. The lowest BCUT2D eigenvalue weighted by atomic mass is 10.2. The number of anilines is 1. The summed E-state index contributed by atoms with van der Waals surface area (Å²) in [5.41, 5.74) is 8.41. The molecule has 0 aliphatic heterocycles. The largest absolute Gasteiger partial charge is 0.397 e. The molecule has 0 aliphatic rings. The number of nitrogens with two attached hydrogens (primary N) is 1. The van der Waals surface area contributed by atoms with Gasteiger partial charge >= 0.3 is 0 Å². The number of pyridine rings is 1. The van der Waals surface area contributed by atoms with E-state index in [0.29, 0.717) is 5.69 Å². The molecule has 0 unspecified atom stereocenters. The normalized spacial score (nSPS) is 10.6. The van der Waals surface area contributed by atoms with Crippen molar-refractivity contribution in [2.75, 3.05) is 5.73 Å². The van der Waals surface area contributed by atoms with Gasteiger partial charge in [-0.05, 0) is 25.1 Å². The van der Waals surface area contributed by atoms with Crippen molar-refractivity contribution in [3.8, 4) is 0 Å². The van der Waals surface area contributed by atoms with Crippen LogP contribution >= 0.6 is 15.9 Å². The van der Waals surface area contributed by atoms with Crippen LogP contribution in [0.2, 0.25) is 0 Å². The molecule has 2 N–H and O–H groups in total.